The van der Waals surface area contributed by atoms with Crippen LogP contribution in [0.1, 0.15) is 27.2 Å². The second-order valence-corrected chi connectivity index (χ2v) is 6.02. The van der Waals surface area contributed by atoms with Crippen LogP contribution in [0.3, 0.4) is 0 Å². The largest absolute Gasteiger partial charge is 0.569 e. The van der Waals surface area contributed by atoms with Gasteiger partial charge in [0.2, 0.25) is 5.28 Å². The van der Waals surface area contributed by atoms with Crippen LogP contribution >= 0.6 is 0 Å². The molecule has 0 bridgehead atoms. The van der Waals surface area contributed by atoms with Gasteiger partial charge in [-0.05, 0) is 20.8 Å². The molecule has 0 spiro atoms. The van der Waals surface area contributed by atoms with Gasteiger partial charge in [-0.15, -0.1) is 4.98 Å². The molecule has 2 heterocycles. The summed E-state index contributed by atoms with van der Waals surface area (Å²) in [5, 5.41) is 15.0. The van der Waals surface area contributed by atoms with Gasteiger partial charge in [0.25, 0.3) is 5.82 Å². The lowest BCUT2D eigenvalue weighted by atomic mass is 10.1. The van der Waals surface area contributed by atoms with Gasteiger partial charge in [-0.1, -0.05) is 6.57 Å². The van der Waals surface area contributed by atoms with E-state index in [0.717, 1.165) is 13.0 Å². The van der Waals surface area contributed by atoms with E-state index in [1.807, 2.05) is 25.7 Å². The van der Waals surface area contributed by atoms with Gasteiger partial charge in [0.1, 0.15) is 0 Å². The summed E-state index contributed by atoms with van der Waals surface area (Å²) in [4.78, 5) is 18.9. The van der Waals surface area contributed by atoms with Crippen LogP contribution in [0.15, 0.2) is 17.7 Å². The third kappa shape index (κ3) is 4.44. The third-order valence-corrected chi connectivity index (χ3v) is 2.91. The van der Waals surface area contributed by atoms with Crippen molar-refractivity contribution in [1.29, 1.82) is 0 Å². The van der Waals surface area contributed by atoms with Crippen molar-refractivity contribution in [2.45, 2.75) is 38.8 Å². The quantitative estimate of drug-likeness (QED) is 0.394. The number of hydrogen-bond acceptors (Lipinski definition) is 6. The molecule has 1 saturated heterocycles. The standard InChI is InChI=1S/C13H19N7O2/c1-13(2,3)17-20(21)18-22-10-5-6-19(9-10)12-8-15-11(14-4)7-16-12/h7-8,10H,5-6,9H2,1-3H3,(H,17,18)/t10-/m1/s1. The topological polar surface area (TPSA) is 93.1 Å². The van der Waals surface area contributed by atoms with Crippen LogP contribution in [0, 0.1) is 11.8 Å². The Kier molecular flexibility index (Phi) is 4.60. The molecule has 0 radical (unpaired) electrons. The molecular formula is C13H19N7O2. The molecule has 118 valence electrons. The summed E-state index contributed by atoms with van der Waals surface area (Å²) in [5.41, 5.74) is 2.24. The molecule has 0 saturated carbocycles. The number of nitrogens with zero attached hydrogens (tertiary/aromatic N) is 6. The Labute approximate surface area is 129 Å². The molecule has 1 aliphatic heterocycles. The highest BCUT2D eigenvalue weighted by atomic mass is 16.7. The zero-order chi connectivity index (χ0) is 16.2. The van der Waals surface area contributed by atoms with E-state index in [2.05, 4.69) is 25.5 Å². The van der Waals surface area contributed by atoms with Crippen LogP contribution in [-0.2, 0) is 4.84 Å². The highest BCUT2D eigenvalue weighted by molar-refractivity contribution is 5.42. The molecule has 9 heteroatoms. The summed E-state index contributed by atoms with van der Waals surface area (Å²) in [7, 11) is 0. The molecule has 0 unspecified atom stereocenters. The summed E-state index contributed by atoms with van der Waals surface area (Å²) >= 11 is 0. The van der Waals surface area contributed by atoms with Crippen LogP contribution in [-0.4, -0.2) is 39.7 Å². The fraction of sp³-hybridized carbons (Fsp3) is 0.615. The Bertz CT molecular complexity index is 574. The van der Waals surface area contributed by atoms with Gasteiger partial charge in [-0.3, -0.25) is 0 Å². The SMILES string of the molecule is [C-]#[N+]c1cnc(N2CC[C@@H](O/N=[N+](\[O-])NC(C)(C)C)C2)cn1. The predicted molar refractivity (Wildman–Crippen MR) is 78.9 cm³/mol. The Morgan fingerprint density at radius 2 is 2.27 bits per heavy atom. The van der Waals surface area contributed by atoms with Crippen LogP contribution < -0.4 is 10.3 Å². The fourth-order valence-corrected chi connectivity index (χ4v) is 1.97. The number of hydrazine groups is 1. The molecule has 1 aliphatic rings. The second-order valence-electron chi connectivity index (χ2n) is 6.02. The first-order chi connectivity index (χ1) is 10.4. The van der Waals surface area contributed by atoms with Crippen LogP contribution in [0.4, 0.5) is 11.6 Å². The molecule has 1 aromatic rings. The first kappa shape index (κ1) is 15.8. The van der Waals surface area contributed by atoms with Gasteiger partial charge in [-0.2, -0.15) is 5.43 Å². The van der Waals surface area contributed by atoms with E-state index < -0.39 is 0 Å². The molecule has 1 fully saturated rings. The van der Waals surface area contributed by atoms with Crippen molar-refractivity contribution >= 4 is 11.6 Å². The maximum absolute atomic E-state index is 11.5. The number of nitrogens with one attached hydrogen (secondary N) is 1. The summed E-state index contributed by atoms with van der Waals surface area (Å²) in [5.74, 6) is 0.950. The zero-order valence-corrected chi connectivity index (χ0v) is 12.9. The average Bonchev–Trinajstić information content (AvgIpc) is 2.92. The average molecular weight is 305 g/mol. The lowest BCUT2D eigenvalue weighted by molar-refractivity contribution is -0.626. The van der Waals surface area contributed by atoms with Crippen LogP contribution in [0.25, 0.3) is 4.85 Å². The first-order valence-corrected chi connectivity index (χ1v) is 6.94. The van der Waals surface area contributed by atoms with E-state index in [-0.39, 0.29) is 17.5 Å². The summed E-state index contributed by atoms with van der Waals surface area (Å²) in [6.07, 6.45) is 3.56. The van der Waals surface area contributed by atoms with E-state index in [9.17, 15) is 5.21 Å². The number of aromatic nitrogens is 2. The molecule has 1 N–H and O–H groups in total. The van der Waals surface area contributed by atoms with Gasteiger partial charge in [-0.25, -0.2) is 4.98 Å². The Morgan fingerprint density at radius 1 is 1.50 bits per heavy atom. The van der Waals surface area contributed by atoms with E-state index in [1.54, 1.807) is 6.20 Å². The molecule has 1 atom stereocenters. The van der Waals surface area contributed by atoms with Crippen LogP contribution in [0.5, 0.6) is 0 Å². The minimum atomic E-state index is -0.378. The van der Waals surface area contributed by atoms with Crippen molar-refractivity contribution < 1.29 is 9.81 Å². The van der Waals surface area contributed by atoms with E-state index >= 15 is 0 Å². The maximum atomic E-state index is 11.5. The predicted octanol–water partition coefficient (Wildman–Crippen LogP) is 1.80. The summed E-state index contributed by atoms with van der Waals surface area (Å²) in [6.45, 7) is 13.7. The third-order valence-electron chi connectivity index (χ3n) is 2.91. The van der Waals surface area contributed by atoms with Gasteiger partial charge in [0.15, 0.2) is 18.1 Å². The van der Waals surface area contributed by atoms with Crippen molar-refractivity contribution in [3.05, 3.63) is 29.0 Å². The molecule has 0 amide bonds. The van der Waals surface area contributed by atoms with Crippen molar-refractivity contribution in [2.24, 2.45) is 5.28 Å². The monoisotopic (exact) mass is 305 g/mol. The van der Waals surface area contributed by atoms with Crippen molar-refractivity contribution in [3.8, 4) is 0 Å². The number of anilines is 1. The number of rotatable bonds is 4. The molecular weight excluding hydrogens is 286 g/mol. The zero-order valence-electron chi connectivity index (χ0n) is 12.9. The minimum absolute atomic E-state index is 0.180. The molecule has 9 nitrogen and oxygen atoms in total. The summed E-state index contributed by atoms with van der Waals surface area (Å²) < 4.78 is 0. The van der Waals surface area contributed by atoms with E-state index in [4.69, 9.17) is 11.4 Å². The molecule has 0 aliphatic carbocycles. The van der Waals surface area contributed by atoms with Gasteiger partial charge >= 0.3 is 0 Å². The Balaban J connectivity index is 1.87. The molecule has 0 aromatic carbocycles. The highest BCUT2D eigenvalue weighted by Crippen LogP contribution is 2.20. The van der Waals surface area contributed by atoms with Gasteiger partial charge < -0.3 is 19.8 Å². The maximum Gasteiger partial charge on any atom is 0.288 e. The van der Waals surface area contributed by atoms with Crippen LogP contribution in [0.2, 0.25) is 0 Å². The first-order valence-electron chi connectivity index (χ1n) is 6.94. The Morgan fingerprint density at radius 3 is 2.86 bits per heavy atom. The van der Waals surface area contributed by atoms with Crippen molar-refractivity contribution in [2.75, 3.05) is 18.0 Å². The normalized spacial score (nSPS) is 18.9. The van der Waals surface area contributed by atoms with E-state index in [1.165, 1.54) is 6.20 Å². The molecule has 22 heavy (non-hydrogen) atoms. The van der Waals surface area contributed by atoms with Gasteiger partial charge in [0, 0.05) is 13.0 Å². The lowest BCUT2D eigenvalue weighted by Gasteiger charge is -2.16. The lowest BCUT2D eigenvalue weighted by Crippen LogP contribution is -2.40. The second kappa shape index (κ2) is 6.43. The summed E-state index contributed by atoms with van der Waals surface area (Å²) in [6, 6.07) is 0. The Hall–Kier alpha value is -2.63. The van der Waals surface area contributed by atoms with Crippen molar-refractivity contribution in [3.63, 3.8) is 0 Å². The smallest absolute Gasteiger partial charge is 0.288 e. The fourth-order valence-electron chi connectivity index (χ4n) is 1.97. The van der Waals surface area contributed by atoms with Gasteiger partial charge in [0.05, 0.1) is 23.3 Å². The highest BCUT2D eigenvalue weighted by Gasteiger charge is 2.27. The molecule has 1 aromatic heterocycles. The molecule has 2 rings (SSSR count). The minimum Gasteiger partial charge on any atom is -0.569 e. The van der Waals surface area contributed by atoms with E-state index in [0.29, 0.717) is 17.3 Å². The van der Waals surface area contributed by atoms with Crippen molar-refractivity contribution in [1.82, 2.24) is 15.4 Å². The number of hydrogen-bond donors (Lipinski definition) is 1.